The molecule has 0 bridgehead atoms. The van der Waals surface area contributed by atoms with E-state index in [1.807, 2.05) is 6.07 Å². The normalized spacial score (nSPS) is 25.3. The molecule has 28 heavy (non-hydrogen) atoms. The number of hydrogen-bond acceptors (Lipinski definition) is 4. The van der Waals surface area contributed by atoms with Gasteiger partial charge < -0.3 is 4.90 Å². The summed E-state index contributed by atoms with van der Waals surface area (Å²) in [7, 11) is 0. The Morgan fingerprint density at radius 3 is 2.32 bits per heavy atom. The van der Waals surface area contributed by atoms with Gasteiger partial charge in [0, 0.05) is 13.1 Å². The minimum absolute atomic E-state index is 0.0302. The van der Waals surface area contributed by atoms with Crippen molar-refractivity contribution in [1.29, 1.82) is 0 Å². The monoisotopic (exact) mass is 383 g/mol. The van der Waals surface area contributed by atoms with Crippen molar-refractivity contribution in [3.8, 4) is 0 Å². The molecule has 0 N–H and O–H groups in total. The smallest absolute Gasteiger partial charge is 0.335 e. The molecular weight excluding hydrogens is 358 g/mol. The summed E-state index contributed by atoms with van der Waals surface area (Å²) in [6.07, 6.45) is 5.83. The summed E-state index contributed by atoms with van der Waals surface area (Å²) in [5, 5.41) is 0. The van der Waals surface area contributed by atoms with Crippen LogP contribution in [0.1, 0.15) is 37.7 Å². The molecule has 3 aliphatic rings. The van der Waals surface area contributed by atoms with E-state index < -0.39 is 17.8 Å². The van der Waals surface area contributed by atoms with Crippen molar-refractivity contribution >= 4 is 23.8 Å². The second kappa shape index (κ2) is 7.73. The van der Waals surface area contributed by atoms with Crippen LogP contribution in [0.25, 0.3) is 0 Å². The number of nitrogens with zero attached hydrogens (tertiary/aromatic N) is 3. The fourth-order valence-corrected chi connectivity index (χ4v) is 4.66. The van der Waals surface area contributed by atoms with Crippen LogP contribution in [0, 0.1) is 11.8 Å². The number of benzene rings is 1. The van der Waals surface area contributed by atoms with Crippen LogP contribution in [0.5, 0.6) is 0 Å². The summed E-state index contributed by atoms with van der Waals surface area (Å²) in [5.41, 5.74) is 0.754. The van der Waals surface area contributed by atoms with Gasteiger partial charge in [0.1, 0.15) is 6.54 Å². The molecule has 0 radical (unpaired) electrons. The molecule has 0 aromatic heterocycles. The first-order valence-corrected chi connectivity index (χ1v) is 10.0. The van der Waals surface area contributed by atoms with Crippen molar-refractivity contribution in [2.24, 2.45) is 11.8 Å². The van der Waals surface area contributed by atoms with E-state index in [1.165, 1.54) is 19.3 Å². The Bertz CT molecular complexity index is 794. The van der Waals surface area contributed by atoms with E-state index >= 15 is 0 Å². The molecule has 0 unspecified atom stereocenters. The van der Waals surface area contributed by atoms with Crippen LogP contribution in [0.2, 0.25) is 0 Å². The first-order chi connectivity index (χ1) is 13.5. The third-order valence-electron chi connectivity index (χ3n) is 6.26. The first kappa shape index (κ1) is 18.7. The summed E-state index contributed by atoms with van der Waals surface area (Å²) in [5.74, 6) is -0.821. The summed E-state index contributed by atoms with van der Waals surface area (Å²) < 4.78 is 0. The number of fused-ring (bicyclic) bond motifs is 1. The minimum Gasteiger partial charge on any atom is -0.341 e. The molecule has 1 aliphatic carbocycles. The molecule has 2 heterocycles. The van der Waals surface area contributed by atoms with Crippen LogP contribution in [0.4, 0.5) is 4.79 Å². The van der Waals surface area contributed by atoms with Gasteiger partial charge in [-0.05, 0) is 30.2 Å². The number of carbonyl (C=O) groups excluding carboxylic acids is 4. The molecule has 7 nitrogen and oxygen atoms in total. The molecule has 148 valence electrons. The highest BCUT2D eigenvalue weighted by atomic mass is 16.2. The molecule has 2 atom stereocenters. The highest BCUT2D eigenvalue weighted by Crippen LogP contribution is 2.36. The van der Waals surface area contributed by atoms with Crippen LogP contribution >= 0.6 is 0 Å². The molecule has 2 aliphatic heterocycles. The molecular formula is C21H25N3O4. The van der Waals surface area contributed by atoms with Crippen LogP contribution in [-0.4, -0.2) is 58.1 Å². The fraction of sp³-hybridized carbons (Fsp3) is 0.524. The SMILES string of the molecule is O=C(CN1C(=O)C(=O)N(Cc2ccccc2)C1=O)N1CC[C@H]2CCCC[C@@H]2C1. The molecule has 1 aromatic carbocycles. The maximum atomic E-state index is 12.7. The Morgan fingerprint density at radius 1 is 0.893 bits per heavy atom. The van der Waals surface area contributed by atoms with Crippen molar-refractivity contribution in [3.63, 3.8) is 0 Å². The van der Waals surface area contributed by atoms with Gasteiger partial charge in [-0.3, -0.25) is 19.3 Å². The van der Waals surface area contributed by atoms with E-state index in [1.54, 1.807) is 29.2 Å². The zero-order valence-corrected chi connectivity index (χ0v) is 15.9. The van der Waals surface area contributed by atoms with Gasteiger partial charge in [0.25, 0.3) is 0 Å². The van der Waals surface area contributed by atoms with Crippen LogP contribution in [0.3, 0.4) is 0 Å². The van der Waals surface area contributed by atoms with Gasteiger partial charge in [0.15, 0.2) is 0 Å². The van der Waals surface area contributed by atoms with Crippen molar-refractivity contribution in [2.45, 2.75) is 38.6 Å². The number of rotatable bonds is 4. The second-order valence-electron chi connectivity index (χ2n) is 7.98. The maximum absolute atomic E-state index is 12.7. The highest BCUT2D eigenvalue weighted by molar-refractivity contribution is 6.44. The first-order valence-electron chi connectivity index (χ1n) is 10.0. The largest absolute Gasteiger partial charge is 0.341 e. The summed E-state index contributed by atoms with van der Waals surface area (Å²) in [6.45, 7) is 1.04. The van der Waals surface area contributed by atoms with Crippen molar-refractivity contribution in [1.82, 2.24) is 14.7 Å². The predicted octanol–water partition coefficient (Wildman–Crippen LogP) is 2.02. The number of likely N-dealkylation sites (tertiary alicyclic amines) is 1. The zero-order chi connectivity index (χ0) is 19.7. The second-order valence-corrected chi connectivity index (χ2v) is 7.98. The van der Waals surface area contributed by atoms with Crippen LogP contribution < -0.4 is 0 Å². The van der Waals surface area contributed by atoms with E-state index in [0.29, 0.717) is 24.9 Å². The van der Waals surface area contributed by atoms with E-state index in [9.17, 15) is 19.2 Å². The summed E-state index contributed by atoms with van der Waals surface area (Å²) >= 11 is 0. The molecule has 0 spiro atoms. The summed E-state index contributed by atoms with van der Waals surface area (Å²) in [4.78, 5) is 53.4. The van der Waals surface area contributed by atoms with E-state index in [-0.39, 0.29) is 19.0 Å². The average Bonchev–Trinajstić information content (AvgIpc) is 2.92. The Labute approximate surface area is 164 Å². The van der Waals surface area contributed by atoms with Crippen LogP contribution in [0.15, 0.2) is 30.3 Å². The van der Waals surface area contributed by atoms with Gasteiger partial charge in [-0.25, -0.2) is 9.69 Å². The Hall–Kier alpha value is -2.70. The van der Waals surface area contributed by atoms with Crippen LogP contribution in [-0.2, 0) is 20.9 Å². The Balaban J connectivity index is 1.40. The number of carbonyl (C=O) groups is 4. The molecule has 4 rings (SSSR count). The van der Waals surface area contributed by atoms with Gasteiger partial charge >= 0.3 is 17.8 Å². The van der Waals surface area contributed by atoms with Gasteiger partial charge in [-0.2, -0.15) is 0 Å². The minimum atomic E-state index is -0.915. The third kappa shape index (κ3) is 3.53. The third-order valence-corrected chi connectivity index (χ3v) is 6.26. The standard InChI is InChI=1S/C21H25N3O4/c25-18(22-11-10-16-8-4-5-9-17(16)13-22)14-24-20(27)19(26)23(21(24)28)12-15-6-2-1-3-7-15/h1-3,6-7,16-17H,4-5,8-14H2/t16-,17-/m1/s1. The lowest BCUT2D eigenvalue weighted by Gasteiger charge is -2.41. The number of urea groups is 1. The molecule has 7 heteroatoms. The number of hydrogen-bond donors (Lipinski definition) is 0. The quantitative estimate of drug-likeness (QED) is 0.589. The lowest BCUT2D eigenvalue weighted by Crippen LogP contribution is -2.49. The van der Waals surface area contributed by atoms with E-state index in [4.69, 9.17) is 0 Å². The maximum Gasteiger partial charge on any atom is 0.335 e. The lowest BCUT2D eigenvalue weighted by atomic mass is 9.75. The van der Waals surface area contributed by atoms with E-state index in [0.717, 1.165) is 28.2 Å². The molecule has 1 aromatic rings. The van der Waals surface area contributed by atoms with Gasteiger partial charge in [0.2, 0.25) is 5.91 Å². The van der Waals surface area contributed by atoms with Gasteiger partial charge in [0.05, 0.1) is 6.54 Å². The number of imide groups is 2. The molecule has 1 saturated carbocycles. The fourth-order valence-electron chi connectivity index (χ4n) is 4.66. The van der Waals surface area contributed by atoms with Crippen molar-refractivity contribution in [2.75, 3.05) is 19.6 Å². The predicted molar refractivity (Wildman–Crippen MR) is 101 cm³/mol. The highest BCUT2D eigenvalue weighted by Gasteiger charge is 2.46. The lowest BCUT2D eigenvalue weighted by molar-refractivity contribution is -0.145. The molecule has 3 fully saturated rings. The Morgan fingerprint density at radius 2 is 1.57 bits per heavy atom. The molecule has 5 amide bonds. The number of amides is 5. The van der Waals surface area contributed by atoms with Crippen molar-refractivity contribution in [3.05, 3.63) is 35.9 Å². The van der Waals surface area contributed by atoms with Crippen molar-refractivity contribution < 1.29 is 19.2 Å². The van der Waals surface area contributed by atoms with E-state index in [2.05, 4.69) is 0 Å². The number of piperidine rings is 1. The average molecular weight is 383 g/mol. The zero-order valence-electron chi connectivity index (χ0n) is 15.9. The van der Waals surface area contributed by atoms with Gasteiger partial charge in [-0.15, -0.1) is 0 Å². The molecule has 2 saturated heterocycles. The Kier molecular flexibility index (Phi) is 5.15. The topological polar surface area (TPSA) is 78.0 Å². The van der Waals surface area contributed by atoms with Gasteiger partial charge in [-0.1, -0.05) is 49.6 Å². The summed E-state index contributed by atoms with van der Waals surface area (Å²) in [6, 6.07) is 8.31.